The average Bonchev–Trinajstić information content (AvgIpc) is 1.58. The van der Waals surface area contributed by atoms with E-state index in [-0.39, 0.29) is 32.5 Å². The third kappa shape index (κ3) is 11.1. The van der Waals surface area contributed by atoms with Crippen LogP contribution in [0.15, 0.2) is 218 Å². The van der Waals surface area contributed by atoms with Crippen molar-refractivity contribution in [1.82, 2.24) is 0 Å². The van der Waals surface area contributed by atoms with Gasteiger partial charge in [-0.25, -0.2) is 0 Å². The quantitative estimate of drug-likeness (QED) is 0.0995. The number of rotatable bonds is 10. The van der Waals surface area contributed by atoms with Gasteiger partial charge in [-0.3, -0.25) is 0 Å². The van der Waals surface area contributed by atoms with Gasteiger partial charge in [0.1, 0.15) is 0 Å². The fourth-order valence-electron chi connectivity index (χ4n) is 14.0. The van der Waals surface area contributed by atoms with Crippen LogP contribution in [0.3, 0.4) is 0 Å². The monoisotopic (exact) mass is 1170 g/mol. The van der Waals surface area contributed by atoms with E-state index >= 15 is 0 Å². The third-order valence-electron chi connectivity index (χ3n) is 19.7. The van der Waals surface area contributed by atoms with Crippen molar-refractivity contribution in [2.24, 2.45) is 0 Å². The van der Waals surface area contributed by atoms with Gasteiger partial charge in [0.15, 0.2) is 0 Å². The molecule has 0 saturated heterocycles. The second-order valence-corrected chi connectivity index (χ2v) is 30.9. The SMILES string of the molecule is CC(C)(C)c1ccc(N(c2ccc(C(C)(C)C)cc2)c2ccc3c(c2)C(C)(C)c2cc(/C=C/c4ccc5c(ccc6cc(/C=C/c7ccc8c(c7)C(C)(C)c7cc(N(c9ccc(C(C)(C)C)cc9)c9ccc(C(C)(C)C)cc9)ccc7-8)ccc65)c4)ccc2-3)cc1. The van der Waals surface area contributed by atoms with E-state index in [1.165, 1.54) is 122 Å². The summed E-state index contributed by atoms with van der Waals surface area (Å²) in [6.45, 7) is 36.9. The van der Waals surface area contributed by atoms with Crippen LogP contribution in [0.25, 0.3) is 68.1 Å². The van der Waals surface area contributed by atoms with Gasteiger partial charge in [-0.2, -0.15) is 0 Å². The largest absolute Gasteiger partial charge is 0.310 e. The van der Waals surface area contributed by atoms with Gasteiger partial charge >= 0.3 is 0 Å². The summed E-state index contributed by atoms with van der Waals surface area (Å²) in [7, 11) is 0. The Hall–Kier alpha value is -8.98. The highest BCUT2D eigenvalue weighted by Crippen LogP contribution is 2.53. The van der Waals surface area contributed by atoms with Crippen LogP contribution in [0.4, 0.5) is 34.1 Å². The summed E-state index contributed by atoms with van der Waals surface area (Å²) in [5.74, 6) is 0. The van der Waals surface area contributed by atoms with Gasteiger partial charge < -0.3 is 9.80 Å². The Morgan fingerprint density at radius 2 is 0.478 bits per heavy atom. The Bertz CT molecular complexity index is 4220. The summed E-state index contributed by atoms with van der Waals surface area (Å²) >= 11 is 0. The molecule has 11 aromatic carbocycles. The normalized spacial score (nSPS) is 14.3. The van der Waals surface area contributed by atoms with Crippen LogP contribution in [0.2, 0.25) is 0 Å². The van der Waals surface area contributed by atoms with Crippen molar-refractivity contribution in [3.8, 4) is 22.3 Å². The van der Waals surface area contributed by atoms with Crippen molar-refractivity contribution in [3.63, 3.8) is 0 Å². The van der Waals surface area contributed by atoms with Crippen LogP contribution in [-0.4, -0.2) is 0 Å². The fraction of sp³-hybridized carbons (Fsp3) is 0.250. The van der Waals surface area contributed by atoms with Crippen molar-refractivity contribution in [2.75, 3.05) is 9.80 Å². The smallest absolute Gasteiger partial charge is 0.0465 e. The van der Waals surface area contributed by atoms with Gasteiger partial charge in [0, 0.05) is 45.0 Å². The maximum absolute atomic E-state index is 2.44. The highest BCUT2D eigenvalue weighted by molar-refractivity contribution is 6.08. The van der Waals surface area contributed by atoms with Gasteiger partial charge in [0.05, 0.1) is 0 Å². The zero-order chi connectivity index (χ0) is 63.5. The molecule has 2 heteroatoms. The van der Waals surface area contributed by atoms with E-state index in [0.29, 0.717) is 0 Å². The Morgan fingerprint density at radius 3 is 0.756 bits per heavy atom. The molecule has 0 aromatic heterocycles. The first-order valence-corrected chi connectivity index (χ1v) is 32.5. The topological polar surface area (TPSA) is 6.48 Å². The molecule has 2 nitrogen and oxygen atoms in total. The molecule has 0 N–H and O–H groups in total. The molecule has 11 aromatic rings. The maximum Gasteiger partial charge on any atom is 0.0465 e. The second-order valence-electron chi connectivity index (χ2n) is 30.9. The van der Waals surface area contributed by atoms with Crippen molar-refractivity contribution < 1.29 is 0 Å². The van der Waals surface area contributed by atoms with E-state index < -0.39 is 0 Å². The average molecular weight is 1170 g/mol. The van der Waals surface area contributed by atoms with Crippen LogP contribution in [-0.2, 0) is 32.5 Å². The number of anilines is 6. The molecule has 0 heterocycles. The van der Waals surface area contributed by atoms with Gasteiger partial charge in [-0.15, -0.1) is 0 Å². The molecule has 2 aliphatic carbocycles. The summed E-state index contributed by atoms with van der Waals surface area (Å²) < 4.78 is 0. The van der Waals surface area contributed by atoms with Crippen molar-refractivity contribution in [2.45, 2.75) is 143 Å². The van der Waals surface area contributed by atoms with Crippen LogP contribution in [0.1, 0.15) is 178 Å². The lowest BCUT2D eigenvalue weighted by Crippen LogP contribution is -2.17. The van der Waals surface area contributed by atoms with Crippen LogP contribution < -0.4 is 9.80 Å². The zero-order valence-electron chi connectivity index (χ0n) is 56.0. The molecule has 0 bridgehead atoms. The van der Waals surface area contributed by atoms with Crippen LogP contribution in [0, 0.1) is 0 Å². The lowest BCUT2D eigenvalue weighted by Gasteiger charge is -2.29. The second kappa shape index (κ2) is 21.9. The number of fused-ring (bicyclic) bond motifs is 9. The van der Waals surface area contributed by atoms with Gasteiger partial charge in [-0.1, -0.05) is 269 Å². The first-order valence-electron chi connectivity index (χ1n) is 32.5. The van der Waals surface area contributed by atoms with Crippen molar-refractivity contribution in [3.05, 3.63) is 285 Å². The fourth-order valence-corrected chi connectivity index (χ4v) is 14.0. The molecule has 0 spiro atoms. The van der Waals surface area contributed by atoms with Gasteiger partial charge in [0.2, 0.25) is 0 Å². The molecule has 0 aliphatic heterocycles. The summed E-state index contributed by atoms with van der Waals surface area (Å²) in [5.41, 5.74) is 27.7. The zero-order valence-corrected chi connectivity index (χ0v) is 56.0. The molecule has 13 rings (SSSR count). The Morgan fingerprint density at radius 1 is 0.244 bits per heavy atom. The molecule has 90 heavy (non-hydrogen) atoms. The van der Waals surface area contributed by atoms with E-state index in [2.05, 4.69) is 363 Å². The summed E-state index contributed by atoms with van der Waals surface area (Å²) in [6, 6.07) is 83.2. The molecule has 0 saturated carbocycles. The third-order valence-corrected chi connectivity index (χ3v) is 19.7. The van der Waals surface area contributed by atoms with E-state index in [0.717, 1.165) is 22.7 Å². The minimum Gasteiger partial charge on any atom is -0.310 e. The Kier molecular flexibility index (Phi) is 14.6. The number of benzene rings is 11. The molecule has 2 aliphatic rings. The highest BCUT2D eigenvalue weighted by Gasteiger charge is 2.38. The summed E-state index contributed by atoms with van der Waals surface area (Å²) in [6.07, 6.45) is 9.10. The van der Waals surface area contributed by atoms with Gasteiger partial charge in [-0.05, 0) is 217 Å². The molecular weight excluding hydrogens is 1080 g/mol. The molecule has 0 fully saturated rings. The molecule has 450 valence electrons. The van der Waals surface area contributed by atoms with E-state index in [4.69, 9.17) is 0 Å². The van der Waals surface area contributed by atoms with Crippen molar-refractivity contribution in [1.29, 1.82) is 0 Å². The Balaban J connectivity index is 0.720. The molecule has 0 unspecified atom stereocenters. The van der Waals surface area contributed by atoms with Crippen LogP contribution in [0.5, 0.6) is 0 Å². The molecule has 0 radical (unpaired) electrons. The Labute approximate surface area is 537 Å². The summed E-state index contributed by atoms with van der Waals surface area (Å²) in [4.78, 5) is 4.85. The number of hydrogen-bond acceptors (Lipinski definition) is 2. The number of nitrogens with zero attached hydrogens (tertiary/aromatic N) is 2. The van der Waals surface area contributed by atoms with E-state index in [1.807, 2.05) is 0 Å². The van der Waals surface area contributed by atoms with Crippen molar-refractivity contribution >= 4 is 80.0 Å². The number of hydrogen-bond donors (Lipinski definition) is 0. The lowest BCUT2D eigenvalue weighted by molar-refractivity contribution is 0.590. The van der Waals surface area contributed by atoms with Gasteiger partial charge in [0.25, 0.3) is 0 Å². The highest BCUT2D eigenvalue weighted by atomic mass is 15.1. The first kappa shape index (κ1) is 60.0. The molecule has 0 amide bonds. The first-order chi connectivity index (χ1) is 42.6. The van der Waals surface area contributed by atoms with Crippen LogP contribution >= 0.6 is 0 Å². The minimum atomic E-state index is -0.189. The maximum atomic E-state index is 2.44. The van der Waals surface area contributed by atoms with E-state index in [9.17, 15) is 0 Å². The molecule has 0 atom stereocenters. The van der Waals surface area contributed by atoms with E-state index in [1.54, 1.807) is 0 Å². The predicted octanol–water partition coefficient (Wildman–Crippen LogP) is 25.1. The summed E-state index contributed by atoms with van der Waals surface area (Å²) in [5, 5.41) is 5.01. The standard InChI is InChI=1S/C88H88N2/c1-83(2,3)63-27-35-67(36-28-63)89(68-37-29-64(30-38-68)84(4,5)6)71-43-49-77-75-47-23-59(53-79(75)87(13,14)81(77)55-71)19-17-57-21-45-73-61(51-57)25-26-62-52-58(22-46-74(62)73)18-20-60-24-48-76-78-50-44-72(56-82(78)88(15,16)80(76)54-60)90(69-39-31-65(32-40-69)85(7,8)9)70-41-33-66(34-42-70)86(10,11)12/h17-56H,1-16H3/b19-17+,20-18+. The predicted molar refractivity (Wildman–Crippen MR) is 391 cm³/mol. The minimum absolute atomic E-state index is 0.0756. The molecular formula is C88H88N2. The lowest BCUT2D eigenvalue weighted by atomic mass is 9.81.